The average Bonchev–Trinajstić information content (AvgIpc) is 3.27. The molecule has 160 valence electrons. The SMILES string of the molecule is CN(C)CCNCc1ccc(-c2cc(-c3cccc(C(=O)NC(I)C#N)c3)no2)cc1. The molecule has 0 radical (unpaired) electrons. The lowest BCUT2D eigenvalue weighted by Gasteiger charge is -2.10. The van der Waals surface area contributed by atoms with Crippen LogP contribution in [0.4, 0.5) is 0 Å². The predicted molar refractivity (Wildman–Crippen MR) is 129 cm³/mol. The van der Waals surface area contributed by atoms with Gasteiger partial charge in [-0.05, 0) is 54.4 Å². The summed E-state index contributed by atoms with van der Waals surface area (Å²) in [6.07, 6.45) is 0. The van der Waals surface area contributed by atoms with Crippen LogP contribution >= 0.6 is 22.6 Å². The van der Waals surface area contributed by atoms with Crippen LogP contribution in [0.2, 0.25) is 0 Å². The fourth-order valence-corrected chi connectivity index (χ4v) is 3.20. The van der Waals surface area contributed by atoms with Gasteiger partial charge in [-0.15, -0.1) is 0 Å². The number of hydrogen-bond donors (Lipinski definition) is 2. The van der Waals surface area contributed by atoms with Gasteiger partial charge in [0.15, 0.2) is 9.81 Å². The molecule has 2 N–H and O–H groups in total. The fraction of sp³-hybridized carbons (Fsp3) is 0.261. The number of likely N-dealkylation sites (N-methyl/N-ethyl adjacent to an activating group) is 1. The van der Waals surface area contributed by atoms with Gasteiger partial charge in [0, 0.05) is 42.4 Å². The molecule has 1 unspecified atom stereocenters. The molecule has 1 amide bonds. The van der Waals surface area contributed by atoms with E-state index < -0.39 is 4.05 Å². The van der Waals surface area contributed by atoms with Gasteiger partial charge in [-0.3, -0.25) is 4.79 Å². The molecule has 0 bridgehead atoms. The molecule has 0 spiro atoms. The molecular weight excluding hydrogens is 505 g/mol. The monoisotopic (exact) mass is 529 g/mol. The average molecular weight is 529 g/mol. The Morgan fingerprint density at radius 3 is 2.68 bits per heavy atom. The van der Waals surface area contributed by atoms with E-state index in [-0.39, 0.29) is 5.91 Å². The third kappa shape index (κ3) is 6.62. The number of alkyl halides is 1. The van der Waals surface area contributed by atoms with Crippen molar-refractivity contribution >= 4 is 28.5 Å². The molecule has 8 heteroatoms. The van der Waals surface area contributed by atoms with Crippen LogP contribution in [0.15, 0.2) is 59.1 Å². The Balaban J connectivity index is 1.67. The van der Waals surface area contributed by atoms with E-state index in [0.717, 1.165) is 30.8 Å². The Bertz CT molecular complexity index is 1060. The molecule has 0 saturated heterocycles. The van der Waals surface area contributed by atoms with Crippen LogP contribution < -0.4 is 10.6 Å². The van der Waals surface area contributed by atoms with Crippen LogP contribution in [0.3, 0.4) is 0 Å². The first-order chi connectivity index (χ1) is 15.0. The number of halogens is 1. The van der Waals surface area contributed by atoms with Crippen molar-refractivity contribution in [3.05, 3.63) is 65.7 Å². The molecule has 0 aliphatic rings. The molecule has 0 aliphatic carbocycles. The highest BCUT2D eigenvalue weighted by atomic mass is 127. The van der Waals surface area contributed by atoms with Gasteiger partial charge in [0.25, 0.3) is 5.91 Å². The first kappa shape index (κ1) is 22.9. The molecule has 0 saturated carbocycles. The first-order valence-corrected chi connectivity index (χ1v) is 11.1. The van der Waals surface area contributed by atoms with Gasteiger partial charge in [-0.1, -0.05) is 41.6 Å². The molecule has 1 aromatic heterocycles. The van der Waals surface area contributed by atoms with Gasteiger partial charge in [0.2, 0.25) is 0 Å². The normalized spacial score (nSPS) is 11.8. The standard InChI is InChI=1S/C23H24IN5O2/c1-29(2)11-10-26-15-16-6-8-17(9-7-16)21-13-20(28-31-21)18-4-3-5-19(12-18)23(30)27-22(24)14-25/h3-9,12-13,22,26H,10-11,15H2,1-2H3,(H,27,30). The Morgan fingerprint density at radius 2 is 1.97 bits per heavy atom. The molecule has 3 aromatic rings. The van der Waals surface area contributed by atoms with Crippen LogP contribution in [0.5, 0.6) is 0 Å². The zero-order valence-corrected chi connectivity index (χ0v) is 19.6. The minimum atomic E-state index is -0.585. The minimum Gasteiger partial charge on any atom is -0.356 e. The van der Waals surface area contributed by atoms with Crippen molar-refractivity contribution in [1.29, 1.82) is 5.26 Å². The van der Waals surface area contributed by atoms with Crippen molar-refractivity contribution in [3.63, 3.8) is 0 Å². The summed E-state index contributed by atoms with van der Waals surface area (Å²) in [6, 6.07) is 19.1. The van der Waals surface area contributed by atoms with Crippen LogP contribution in [0.1, 0.15) is 15.9 Å². The van der Waals surface area contributed by atoms with E-state index >= 15 is 0 Å². The third-order valence-corrected chi connectivity index (χ3v) is 5.20. The molecule has 31 heavy (non-hydrogen) atoms. The number of carbonyl (C=O) groups is 1. The molecule has 2 aromatic carbocycles. The van der Waals surface area contributed by atoms with Gasteiger partial charge in [0.05, 0.1) is 6.07 Å². The Labute approximate surface area is 195 Å². The third-order valence-electron chi connectivity index (χ3n) is 4.61. The number of aromatic nitrogens is 1. The van der Waals surface area contributed by atoms with Gasteiger partial charge >= 0.3 is 0 Å². The zero-order chi connectivity index (χ0) is 22.2. The van der Waals surface area contributed by atoms with Crippen molar-refractivity contribution in [1.82, 2.24) is 20.7 Å². The Hall–Kier alpha value is -2.74. The quantitative estimate of drug-likeness (QED) is 0.190. The van der Waals surface area contributed by atoms with Gasteiger partial charge in [-0.2, -0.15) is 5.26 Å². The summed E-state index contributed by atoms with van der Waals surface area (Å²) in [7, 11) is 4.12. The highest BCUT2D eigenvalue weighted by molar-refractivity contribution is 14.1. The van der Waals surface area contributed by atoms with Gasteiger partial charge in [-0.25, -0.2) is 0 Å². The summed E-state index contributed by atoms with van der Waals surface area (Å²) in [5, 5.41) is 19.1. The van der Waals surface area contributed by atoms with E-state index in [1.165, 1.54) is 5.56 Å². The Kier molecular flexibility index (Phi) is 8.17. The number of carbonyl (C=O) groups excluding carboxylic acids is 1. The number of amides is 1. The summed E-state index contributed by atoms with van der Waals surface area (Å²) < 4.78 is 4.95. The second kappa shape index (κ2) is 11.0. The largest absolute Gasteiger partial charge is 0.356 e. The molecule has 1 atom stereocenters. The van der Waals surface area contributed by atoms with Crippen LogP contribution in [0, 0.1) is 11.3 Å². The lowest BCUT2D eigenvalue weighted by atomic mass is 10.1. The number of hydrogen-bond acceptors (Lipinski definition) is 6. The second-order valence-electron chi connectivity index (χ2n) is 7.30. The first-order valence-electron chi connectivity index (χ1n) is 9.83. The molecule has 0 fully saturated rings. The van der Waals surface area contributed by atoms with E-state index in [4.69, 9.17) is 9.78 Å². The molecule has 3 rings (SSSR count). The maximum absolute atomic E-state index is 12.3. The number of nitrogens with one attached hydrogen (secondary N) is 2. The Morgan fingerprint density at radius 1 is 1.19 bits per heavy atom. The van der Waals surface area contributed by atoms with E-state index in [0.29, 0.717) is 17.0 Å². The van der Waals surface area contributed by atoms with Gasteiger partial charge in [0.1, 0.15) is 5.69 Å². The topological polar surface area (TPSA) is 94.2 Å². The molecular formula is C23H24IN5O2. The summed E-state index contributed by atoms with van der Waals surface area (Å²) >= 11 is 1.87. The lowest BCUT2D eigenvalue weighted by molar-refractivity contribution is 0.0956. The summed E-state index contributed by atoms with van der Waals surface area (Å²) in [6.45, 7) is 2.75. The van der Waals surface area contributed by atoms with E-state index in [1.54, 1.807) is 18.2 Å². The van der Waals surface area contributed by atoms with Gasteiger partial charge < -0.3 is 20.1 Å². The zero-order valence-electron chi connectivity index (χ0n) is 17.4. The van der Waals surface area contributed by atoms with Crippen molar-refractivity contribution in [2.45, 2.75) is 10.6 Å². The molecule has 0 aliphatic heterocycles. The maximum atomic E-state index is 12.3. The minimum absolute atomic E-state index is 0.304. The number of rotatable bonds is 9. The lowest BCUT2D eigenvalue weighted by Crippen LogP contribution is -2.29. The van der Waals surface area contributed by atoms with Crippen molar-refractivity contribution in [2.75, 3.05) is 27.2 Å². The van der Waals surface area contributed by atoms with Crippen molar-refractivity contribution in [2.24, 2.45) is 0 Å². The van der Waals surface area contributed by atoms with Crippen LogP contribution in [0.25, 0.3) is 22.6 Å². The van der Waals surface area contributed by atoms with E-state index in [1.807, 2.05) is 52.9 Å². The fourth-order valence-electron chi connectivity index (χ4n) is 2.92. The summed E-state index contributed by atoms with van der Waals surface area (Å²) in [4.78, 5) is 14.4. The predicted octanol–water partition coefficient (Wildman–Crippen LogP) is 3.67. The maximum Gasteiger partial charge on any atom is 0.252 e. The molecule has 7 nitrogen and oxygen atoms in total. The van der Waals surface area contributed by atoms with E-state index in [2.05, 4.69) is 46.9 Å². The van der Waals surface area contributed by atoms with Crippen molar-refractivity contribution in [3.8, 4) is 28.7 Å². The summed E-state index contributed by atoms with van der Waals surface area (Å²) in [5.41, 5.74) is 4.01. The molecule has 1 heterocycles. The number of nitrogens with zero attached hydrogens (tertiary/aromatic N) is 3. The number of benzene rings is 2. The van der Waals surface area contributed by atoms with E-state index in [9.17, 15) is 4.79 Å². The van der Waals surface area contributed by atoms with Crippen LogP contribution in [-0.2, 0) is 6.54 Å². The highest BCUT2D eigenvalue weighted by Crippen LogP contribution is 2.27. The smallest absolute Gasteiger partial charge is 0.252 e. The van der Waals surface area contributed by atoms with Crippen molar-refractivity contribution < 1.29 is 9.32 Å². The summed E-state index contributed by atoms with van der Waals surface area (Å²) in [5.74, 6) is 0.357. The second-order valence-corrected chi connectivity index (χ2v) is 8.54. The highest BCUT2D eigenvalue weighted by Gasteiger charge is 2.13. The van der Waals surface area contributed by atoms with Crippen LogP contribution in [-0.4, -0.2) is 47.2 Å². The number of nitriles is 1.